The Hall–Kier alpha value is -2.66. The van der Waals surface area contributed by atoms with Gasteiger partial charge in [0.05, 0.1) is 13.2 Å². The number of hydrogen-bond acceptors (Lipinski definition) is 6. The minimum Gasteiger partial charge on any atom is -0.375 e. The van der Waals surface area contributed by atoms with Gasteiger partial charge >= 0.3 is 0 Å². The topological polar surface area (TPSA) is 97.4 Å². The van der Waals surface area contributed by atoms with E-state index in [1.165, 1.54) is 16.7 Å². The van der Waals surface area contributed by atoms with Crippen LogP contribution in [0.4, 0.5) is 4.39 Å². The Balaban J connectivity index is 1.36. The maximum atomic E-state index is 15.3. The maximum Gasteiger partial charge on any atom is 0.221 e. The number of halogens is 1. The quantitative estimate of drug-likeness (QED) is 0.550. The lowest BCUT2D eigenvalue weighted by Gasteiger charge is -2.41. The predicted octanol–water partition coefficient (Wildman–Crippen LogP) is 3.44. The Morgan fingerprint density at radius 1 is 1.21 bits per heavy atom. The van der Waals surface area contributed by atoms with Crippen LogP contribution in [-0.2, 0) is 38.2 Å². The lowest BCUT2D eigenvalue weighted by atomic mass is 9.90. The van der Waals surface area contributed by atoms with Gasteiger partial charge in [0.2, 0.25) is 10.0 Å². The van der Waals surface area contributed by atoms with Crippen LogP contribution in [0.3, 0.4) is 0 Å². The summed E-state index contributed by atoms with van der Waals surface area (Å²) in [5.41, 5.74) is 0.982. The van der Waals surface area contributed by atoms with Crippen LogP contribution in [0.5, 0.6) is 0 Å². The Kier molecular flexibility index (Phi) is 6.24. The molecule has 2 aliphatic heterocycles. The average molecular weight is 487 g/mol. The summed E-state index contributed by atoms with van der Waals surface area (Å²) in [6, 6.07) is 13.9. The smallest absolute Gasteiger partial charge is 0.221 e. The van der Waals surface area contributed by atoms with Crippen molar-refractivity contribution in [3.63, 3.8) is 0 Å². The molecule has 0 aliphatic carbocycles. The van der Waals surface area contributed by atoms with E-state index in [0.717, 1.165) is 5.56 Å². The van der Waals surface area contributed by atoms with Gasteiger partial charge in [0, 0.05) is 18.2 Å². The van der Waals surface area contributed by atoms with Crippen molar-refractivity contribution in [3.8, 4) is 0 Å². The molecule has 1 N–H and O–H groups in total. The molecule has 0 spiro atoms. The zero-order valence-corrected chi connectivity index (χ0v) is 19.7. The van der Waals surface area contributed by atoms with Crippen LogP contribution in [-0.4, -0.2) is 47.2 Å². The van der Waals surface area contributed by atoms with Gasteiger partial charge in [-0.1, -0.05) is 42.5 Å². The zero-order valence-electron chi connectivity index (χ0n) is 18.9. The number of benzene rings is 2. The van der Waals surface area contributed by atoms with Gasteiger partial charge < -0.3 is 14.5 Å². The summed E-state index contributed by atoms with van der Waals surface area (Å²) in [5.74, 6) is 0.108. The largest absolute Gasteiger partial charge is 0.375 e. The maximum absolute atomic E-state index is 15.3. The van der Waals surface area contributed by atoms with Crippen LogP contribution in [0, 0.1) is 5.82 Å². The fourth-order valence-corrected chi connectivity index (χ4v) is 6.80. The summed E-state index contributed by atoms with van der Waals surface area (Å²) < 4.78 is 55.0. The van der Waals surface area contributed by atoms with Gasteiger partial charge in [-0.25, -0.2) is 12.8 Å². The highest BCUT2D eigenvalue weighted by molar-refractivity contribution is 7.89. The molecule has 2 aliphatic rings. The van der Waals surface area contributed by atoms with Gasteiger partial charge in [0.15, 0.2) is 5.82 Å². The van der Waals surface area contributed by atoms with E-state index in [2.05, 4.69) is 15.2 Å². The van der Waals surface area contributed by atoms with E-state index in [1.807, 2.05) is 37.3 Å². The fourth-order valence-electron chi connectivity index (χ4n) is 4.61. The molecule has 1 aromatic heterocycles. The molecule has 0 saturated carbocycles. The highest BCUT2D eigenvalue weighted by atomic mass is 32.2. The third-order valence-electron chi connectivity index (χ3n) is 6.72. The van der Waals surface area contributed by atoms with Gasteiger partial charge in [-0.15, -0.1) is 10.2 Å². The Morgan fingerprint density at radius 3 is 2.65 bits per heavy atom. The first kappa shape index (κ1) is 23.1. The molecule has 2 fully saturated rings. The molecule has 2 aromatic carbocycles. The first-order chi connectivity index (χ1) is 16.4. The summed E-state index contributed by atoms with van der Waals surface area (Å²) in [6.07, 6.45) is 2.74. The number of nitrogens with one attached hydrogen (secondary N) is 1. The van der Waals surface area contributed by atoms with E-state index in [9.17, 15) is 8.42 Å². The Morgan fingerprint density at radius 2 is 2.00 bits per heavy atom. The molecule has 0 radical (unpaired) electrons. The summed E-state index contributed by atoms with van der Waals surface area (Å²) in [6.45, 7) is 2.66. The fraction of sp³-hybridized carbons (Fsp3) is 0.417. The van der Waals surface area contributed by atoms with E-state index in [-0.39, 0.29) is 19.2 Å². The van der Waals surface area contributed by atoms with Crippen LogP contribution in [0.2, 0.25) is 0 Å². The van der Waals surface area contributed by atoms with E-state index < -0.39 is 26.7 Å². The monoisotopic (exact) mass is 486 g/mol. The first-order valence-electron chi connectivity index (χ1n) is 11.3. The third kappa shape index (κ3) is 4.26. The zero-order chi connectivity index (χ0) is 23.8. The molecular formula is C24H27FN4O4S. The number of hydrogen-bond donors (Lipinski definition) is 1. The van der Waals surface area contributed by atoms with Gasteiger partial charge in [-0.3, -0.25) is 0 Å². The molecule has 0 amide bonds. The van der Waals surface area contributed by atoms with Crippen molar-refractivity contribution in [3.05, 3.63) is 83.2 Å². The van der Waals surface area contributed by atoms with Crippen LogP contribution in [0.15, 0.2) is 54.9 Å². The first-order valence-corrected chi connectivity index (χ1v) is 12.8. The highest BCUT2D eigenvalue weighted by Crippen LogP contribution is 2.39. The van der Waals surface area contributed by atoms with Gasteiger partial charge in [0.1, 0.15) is 29.6 Å². The lowest BCUT2D eigenvalue weighted by Crippen LogP contribution is -2.49. The number of ether oxygens (including phenoxy) is 2. The van der Waals surface area contributed by atoms with Crippen molar-refractivity contribution < 1.29 is 22.3 Å². The van der Waals surface area contributed by atoms with Crippen LogP contribution < -0.4 is 0 Å². The van der Waals surface area contributed by atoms with Crippen molar-refractivity contribution in [2.24, 2.45) is 0 Å². The molecule has 8 nitrogen and oxygen atoms in total. The number of sulfonamides is 1. The van der Waals surface area contributed by atoms with Crippen molar-refractivity contribution >= 4 is 10.0 Å². The SMILES string of the molecule is C[C@H]1CC[C@H](c2ccccc2)S(=O)(=O)N1Cc1ccc(C2(OCc3nnc[nH]3)COC2)cc1F. The standard InChI is InChI=1S/C24H27FN4O4S/c1-17-7-10-22(18-5-3-2-4-6-18)34(30,31)29(17)12-19-8-9-20(11-21(19)25)24(14-32-15-24)33-13-23-26-16-27-28-23/h2-6,8-9,11,16-17,22H,7,10,12-15H2,1H3,(H,26,27,28)/t17-,22+/m0/s1. The third-order valence-corrected chi connectivity index (χ3v) is 9.09. The second kappa shape index (κ2) is 9.18. The van der Waals surface area contributed by atoms with E-state index in [4.69, 9.17) is 9.47 Å². The van der Waals surface area contributed by atoms with E-state index in [1.54, 1.807) is 12.1 Å². The highest BCUT2D eigenvalue weighted by Gasteiger charge is 2.43. The molecular weight excluding hydrogens is 459 g/mol. The van der Waals surface area contributed by atoms with Gasteiger partial charge in [0.25, 0.3) is 0 Å². The van der Waals surface area contributed by atoms with Crippen LogP contribution in [0.1, 0.15) is 47.5 Å². The number of nitrogens with zero attached hydrogens (tertiary/aromatic N) is 3. The number of rotatable bonds is 7. The molecule has 3 heterocycles. The number of aromatic amines is 1. The van der Waals surface area contributed by atoms with Crippen molar-refractivity contribution in [2.75, 3.05) is 13.2 Å². The minimum absolute atomic E-state index is 0.0125. The lowest BCUT2D eigenvalue weighted by molar-refractivity contribution is -0.223. The minimum atomic E-state index is -3.64. The van der Waals surface area contributed by atoms with Crippen molar-refractivity contribution in [1.82, 2.24) is 19.5 Å². The molecule has 3 aromatic rings. The van der Waals surface area contributed by atoms with E-state index in [0.29, 0.717) is 43.0 Å². The molecule has 10 heteroatoms. The summed E-state index contributed by atoms with van der Waals surface area (Å²) in [5, 5.41) is 7.02. The molecule has 5 rings (SSSR count). The molecule has 0 bridgehead atoms. The van der Waals surface area contributed by atoms with E-state index >= 15 is 4.39 Å². The molecule has 2 saturated heterocycles. The molecule has 180 valence electrons. The summed E-state index contributed by atoms with van der Waals surface area (Å²) >= 11 is 0. The summed E-state index contributed by atoms with van der Waals surface area (Å²) in [7, 11) is -3.64. The van der Waals surface area contributed by atoms with Crippen molar-refractivity contribution in [2.45, 2.75) is 49.8 Å². The Labute approximate surface area is 198 Å². The second-order valence-corrected chi connectivity index (χ2v) is 11.0. The summed E-state index contributed by atoms with van der Waals surface area (Å²) in [4.78, 5) is 2.88. The molecule has 2 atom stereocenters. The van der Waals surface area contributed by atoms with Crippen LogP contribution >= 0.6 is 0 Å². The van der Waals surface area contributed by atoms with Gasteiger partial charge in [-0.2, -0.15) is 4.31 Å². The van der Waals surface area contributed by atoms with Crippen LogP contribution in [0.25, 0.3) is 0 Å². The molecule has 0 unspecified atom stereocenters. The van der Waals surface area contributed by atoms with Crippen molar-refractivity contribution in [1.29, 1.82) is 0 Å². The number of aromatic nitrogens is 3. The predicted molar refractivity (Wildman–Crippen MR) is 122 cm³/mol. The average Bonchev–Trinajstić information content (AvgIpc) is 3.31. The molecule has 34 heavy (non-hydrogen) atoms. The normalized spacial score (nSPS) is 23.9. The van der Waals surface area contributed by atoms with Gasteiger partial charge in [-0.05, 0) is 37.0 Å². The Bertz CT molecular complexity index is 1230. The second-order valence-electron chi connectivity index (χ2n) is 8.93. The number of H-pyrrole nitrogens is 1.